The van der Waals surface area contributed by atoms with Crippen LogP contribution in [-0.2, 0) is 4.79 Å². The smallest absolute Gasteiger partial charge is 0.255 e. The van der Waals surface area contributed by atoms with E-state index in [0.717, 1.165) is 11.1 Å². The molecule has 3 aromatic rings. The van der Waals surface area contributed by atoms with E-state index in [9.17, 15) is 9.59 Å². The Kier molecular flexibility index (Phi) is 4.51. The highest BCUT2D eigenvalue weighted by atomic mass is 35.5. The topological polar surface area (TPSA) is 82.5 Å². The van der Waals surface area contributed by atoms with E-state index < -0.39 is 12.5 Å². The van der Waals surface area contributed by atoms with Gasteiger partial charge >= 0.3 is 0 Å². The number of primary amides is 1. The number of amides is 1. The van der Waals surface area contributed by atoms with Crippen LogP contribution in [-0.4, -0.2) is 12.5 Å². The van der Waals surface area contributed by atoms with Gasteiger partial charge in [0.25, 0.3) is 5.91 Å². The Morgan fingerprint density at radius 1 is 1.16 bits per heavy atom. The molecule has 2 N–H and O–H groups in total. The van der Waals surface area contributed by atoms with E-state index in [4.69, 9.17) is 26.5 Å². The minimum atomic E-state index is -0.679. The number of carbonyl (C=O) groups is 1. The molecular formula is C19H16ClNO4. The molecule has 1 heterocycles. The third-order valence-electron chi connectivity index (χ3n) is 3.93. The molecule has 0 radical (unpaired) electrons. The summed E-state index contributed by atoms with van der Waals surface area (Å²) in [4.78, 5) is 24.0. The van der Waals surface area contributed by atoms with Gasteiger partial charge in [-0.15, -0.1) is 0 Å². The highest BCUT2D eigenvalue weighted by molar-refractivity contribution is 6.30. The van der Waals surface area contributed by atoms with Crippen LogP contribution in [0.3, 0.4) is 0 Å². The predicted molar refractivity (Wildman–Crippen MR) is 97.1 cm³/mol. The summed E-state index contributed by atoms with van der Waals surface area (Å²) in [5, 5.41) is 0.943. The summed E-state index contributed by atoms with van der Waals surface area (Å²) in [6, 6.07) is 10.3. The molecule has 0 bridgehead atoms. The molecule has 0 saturated heterocycles. The Hall–Kier alpha value is -2.79. The number of benzene rings is 2. The van der Waals surface area contributed by atoms with Crippen molar-refractivity contribution in [1.29, 1.82) is 0 Å². The fourth-order valence-corrected chi connectivity index (χ4v) is 2.62. The van der Waals surface area contributed by atoms with Crippen LogP contribution in [0.25, 0.3) is 22.3 Å². The fraction of sp³-hybridized carbons (Fsp3) is 0.158. The Labute approximate surface area is 149 Å². The molecule has 0 fully saturated rings. The lowest BCUT2D eigenvalue weighted by Crippen LogP contribution is -2.22. The minimum absolute atomic E-state index is 0.0446. The fourth-order valence-electron chi connectivity index (χ4n) is 2.50. The lowest BCUT2D eigenvalue weighted by atomic mass is 10.0. The summed E-state index contributed by atoms with van der Waals surface area (Å²) >= 11 is 5.92. The SMILES string of the molecule is Cc1cc2oc(-c3ccc(Cl)cc3)c(OCC(N)=O)c(=O)c2cc1C. The van der Waals surface area contributed by atoms with Crippen LogP contribution in [0.2, 0.25) is 5.02 Å². The zero-order valence-electron chi connectivity index (χ0n) is 13.8. The zero-order chi connectivity index (χ0) is 18.1. The summed E-state index contributed by atoms with van der Waals surface area (Å²) in [5.74, 6) is -0.489. The molecule has 6 heteroatoms. The van der Waals surface area contributed by atoms with Crippen LogP contribution in [0.15, 0.2) is 45.6 Å². The van der Waals surface area contributed by atoms with Crippen LogP contribution in [0, 0.1) is 13.8 Å². The number of hydrogen-bond acceptors (Lipinski definition) is 4. The molecular weight excluding hydrogens is 342 g/mol. The van der Waals surface area contributed by atoms with Gasteiger partial charge in [0, 0.05) is 10.6 Å². The third kappa shape index (κ3) is 3.37. The molecule has 25 heavy (non-hydrogen) atoms. The molecule has 1 amide bonds. The first-order valence-electron chi connectivity index (χ1n) is 7.62. The van der Waals surface area contributed by atoms with Crippen molar-refractivity contribution in [2.45, 2.75) is 13.8 Å². The third-order valence-corrected chi connectivity index (χ3v) is 4.18. The molecule has 0 aliphatic heterocycles. The number of nitrogens with two attached hydrogens (primary N) is 1. The van der Waals surface area contributed by atoms with Crippen LogP contribution in [0.5, 0.6) is 5.75 Å². The van der Waals surface area contributed by atoms with E-state index in [-0.39, 0.29) is 16.9 Å². The molecule has 0 spiro atoms. The summed E-state index contributed by atoms with van der Waals surface area (Å²) in [7, 11) is 0. The molecule has 2 aromatic carbocycles. The van der Waals surface area contributed by atoms with Crippen LogP contribution < -0.4 is 15.9 Å². The Morgan fingerprint density at radius 2 is 1.80 bits per heavy atom. The van der Waals surface area contributed by atoms with Crippen molar-refractivity contribution < 1.29 is 13.9 Å². The predicted octanol–water partition coefficient (Wildman–Crippen LogP) is 3.59. The second-order valence-electron chi connectivity index (χ2n) is 5.78. The maximum atomic E-state index is 12.9. The van der Waals surface area contributed by atoms with E-state index in [2.05, 4.69) is 0 Å². The number of ether oxygens (including phenoxy) is 1. The highest BCUT2D eigenvalue weighted by Gasteiger charge is 2.19. The van der Waals surface area contributed by atoms with Gasteiger partial charge < -0.3 is 14.9 Å². The van der Waals surface area contributed by atoms with Gasteiger partial charge in [0.2, 0.25) is 11.2 Å². The van der Waals surface area contributed by atoms with Gasteiger partial charge in [-0.2, -0.15) is 0 Å². The number of fused-ring (bicyclic) bond motifs is 1. The average molecular weight is 358 g/mol. The van der Waals surface area contributed by atoms with Crippen molar-refractivity contribution in [3.63, 3.8) is 0 Å². The Morgan fingerprint density at radius 3 is 2.44 bits per heavy atom. The first kappa shape index (κ1) is 17.0. The molecule has 0 unspecified atom stereocenters. The van der Waals surface area contributed by atoms with Crippen molar-refractivity contribution in [2.24, 2.45) is 5.73 Å². The van der Waals surface area contributed by atoms with Gasteiger partial charge in [-0.3, -0.25) is 9.59 Å². The summed E-state index contributed by atoms with van der Waals surface area (Å²) in [5.41, 5.74) is 7.81. The molecule has 1 aromatic heterocycles. The average Bonchev–Trinajstić information content (AvgIpc) is 2.56. The Balaban J connectivity index is 2.29. The number of rotatable bonds is 4. The highest BCUT2D eigenvalue weighted by Crippen LogP contribution is 2.32. The number of carbonyl (C=O) groups excluding carboxylic acids is 1. The van der Waals surface area contributed by atoms with Gasteiger partial charge in [0.1, 0.15) is 5.58 Å². The van der Waals surface area contributed by atoms with Crippen molar-refractivity contribution in [1.82, 2.24) is 0 Å². The van der Waals surface area contributed by atoms with Crippen LogP contribution in [0.4, 0.5) is 0 Å². The minimum Gasteiger partial charge on any atom is -0.476 e. The van der Waals surface area contributed by atoms with Gasteiger partial charge in [-0.25, -0.2) is 0 Å². The van der Waals surface area contributed by atoms with Crippen molar-refractivity contribution >= 4 is 28.5 Å². The first-order valence-corrected chi connectivity index (χ1v) is 7.99. The maximum Gasteiger partial charge on any atom is 0.255 e. The lowest BCUT2D eigenvalue weighted by molar-refractivity contribution is -0.119. The molecule has 0 atom stereocenters. The standard InChI is InChI=1S/C19H16ClNO4/c1-10-7-14-15(8-11(10)2)25-18(12-3-5-13(20)6-4-12)19(17(14)23)24-9-16(21)22/h3-8H,9H2,1-2H3,(H2,21,22). The van der Waals surface area contributed by atoms with E-state index in [1.807, 2.05) is 19.9 Å². The second-order valence-corrected chi connectivity index (χ2v) is 6.22. The van der Waals surface area contributed by atoms with E-state index in [1.54, 1.807) is 30.3 Å². The number of halogens is 1. The molecule has 128 valence electrons. The van der Waals surface area contributed by atoms with E-state index in [0.29, 0.717) is 21.6 Å². The second kappa shape index (κ2) is 6.61. The van der Waals surface area contributed by atoms with Gasteiger partial charge in [0.05, 0.1) is 5.39 Å². The Bertz CT molecular complexity index is 1020. The lowest BCUT2D eigenvalue weighted by Gasteiger charge is -2.12. The maximum absolute atomic E-state index is 12.9. The molecule has 0 saturated carbocycles. The quantitative estimate of drug-likeness (QED) is 0.773. The van der Waals surface area contributed by atoms with Crippen LogP contribution >= 0.6 is 11.6 Å². The van der Waals surface area contributed by atoms with Crippen molar-refractivity contribution in [2.75, 3.05) is 6.61 Å². The molecule has 3 rings (SSSR count). The van der Waals surface area contributed by atoms with E-state index in [1.165, 1.54) is 0 Å². The zero-order valence-corrected chi connectivity index (χ0v) is 14.5. The summed E-state index contributed by atoms with van der Waals surface area (Å²) < 4.78 is 11.3. The van der Waals surface area contributed by atoms with Gasteiger partial charge in [-0.05, 0) is 61.4 Å². The largest absolute Gasteiger partial charge is 0.476 e. The van der Waals surface area contributed by atoms with Crippen molar-refractivity contribution in [3.8, 4) is 17.1 Å². The first-order chi connectivity index (χ1) is 11.9. The monoisotopic (exact) mass is 357 g/mol. The van der Waals surface area contributed by atoms with Crippen LogP contribution in [0.1, 0.15) is 11.1 Å². The summed E-state index contributed by atoms with van der Waals surface area (Å²) in [6.45, 7) is 3.43. The van der Waals surface area contributed by atoms with Crippen molar-refractivity contribution in [3.05, 3.63) is 62.8 Å². The van der Waals surface area contributed by atoms with E-state index >= 15 is 0 Å². The van der Waals surface area contributed by atoms with Gasteiger partial charge in [0.15, 0.2) is 12.4 Å². The van der Waals surface area contributed by atoms with Gasteiger partial charge in [-0.1, -0.05) is 11.6 Å². The number of hydrogen-bond donors (Lipinski definition) is 1. The summed E-state index contributed by atoms with van der Waals surface area (Å²) in [6.07, 6.45) is 0. The molecule has 0 aliphatic rings. The molecule has 5 nitrogen and oxygen atoms in total. The number of aryl methyl sites for hydroxylation is 2. The normalized spacial score (nSPS) is 10.8. The molecule has 0 aliphatic carbocycles.